The van der Waals surface area contributed by atoms with Gasteiger partial charge >= 0.3 is 0 Å². The van der Waals surface area contributed by atoms with Gasteiger partial charge in [-0.25, -0.2) is 0 Å². The fraction of sp³-hybridized carbons (Fsp3) is 0.923. The summed E-state index contributed by atoms with van der Waals surface area (Å²) in [6.07, 6.45) is 9.68. The van der Waals surface area contributed by atoms with Crippen LogP contribution in [0.25, 0.3) is 0 Å². The van der Waals surface area contributed by atoms with Gasteiger partial charge in [-0.15, -0.1) is 0 Å². The number of hydrogen-bond donors (Lipinski definition) is 1. The Morgan fingerprint density at radius 1 is 1.06 bits per heavy atom. The van der Waals surface area contributed by atoms with E-state index in [1.807, 2.05) is 0 Å². The number of rotatable bonds is 3. The van der Waals surface area contributed by atoms with E-state index in [0.29, 0.717) is 30.8 Å². The average molecular weight is 253 g/mol. The predicted octanol–water partition coefficient (Wildman–Crippen LogP) is 2.16. The minimum Gasteiger partial charge on any atom is -0.328 e. The minimum absolute atomic E-state index is 0.129. The summed E-state index contributed by atoms with van der Waals surface area (Å²) in [4.78, 5) is 15.2. The van der Waals surface area contributed by atoms with Gasteiger partial charge in [-0.1, -0.05) is 0 Å². The first kappa shape index (κ1) is 13.5. The zero-order valence-electron chi connectivity index (χ0n) is 10.8. The summed E-state index contributed by atoms with van der Waals surface area (Å²) in [6.45, 7) is 0. The predicted molar refractivity (Wildman–Crippen MR) is 71.5 cm³/mol. The van der Waals surface area contributed by atoms with Gasteiger partial charge in [-0.2, -0.15) is 0 Å². The van der Waals surface area contributed by atoms with E-state index < -0.39 is 0 Å². The molecule has 5 nitrogen and oxygen atoms in total. The van der Waals surface area contributed by atoms with Crippen LogP contribution in [0.4, 0.5) is 0 Å². The van der Waals surface area contributed by atoms with Crippen LogP contribution in [0, 0.1) is 16.0 Å². The Bertz CT molecular complexity index is 303. The molecule has 2 fully saturated rings. The largest absolute Gasteiger partial charge is 0.328 e. The van der Waals surface area contributed by atoms with Crippen molar-refractivity contribution in [3.63, 3.8) is 0 Å². The molecule has 0 atom stereocenters. The second-order valence-corrected chi connectivity index (χ2v) is 5.72. The Kier molecular flexibility index (Phi) is 4.69. The maximum atomic E-state index is 10.7. The molecule has 0 unspecified atom stereocenters. The van der Waals surface area contributed by atoms with Crippen molar-refractivity contribution in [1.29, 1.82) is 0 Å². The Morgan fingerprint density at radius 3 is 2.22 bits per heavy atom. The monoisotopic (exact) mass is 253 g/mol. The van der Waals surface area contributed by atoms with Crippen LogP contribution >= 0.6 is 0 Å². The van der Waals surface area contributed by atoms with E-state index in [1.165, 1.54) is 0 Å². The molecule has 0 aliphatic heterocycles. The number of nitrogens with zero attached hydrogens (tertiary/aromatic N) is 2. The summed E-state index contributed by atoms with van der Waals surface area (Å²) in [5.74, 6) is 0.455. The Balaban J connectivity index is 1.72. The summed E-state index contributed by atoms with van der Waals surface area (Å²) in [6, 6.07) is 0.493. The van der Waals surface area contributed by atoms with Gasteiger partial charge < -0.3 is 5.73 Å². The number of nitro groups is 1. The Labute approximate surface area is 108 Å². The normalized spacial score (nSPS) is 37.8. The van der Waals surface area contributed by atoms with E-state index in [2.05, 4.69) is 11.2 Å². The Morgan fingerprint density at radius 2 is 1.67 bits per heavy atom. The SMILES string of the molecule is NC1CCC(N=CC2CCC([N+](=O)[O-])CC2)CC1. The zero-order chi connectivity index (χ0) is 13.0. The lowest BCUT2D eigenvalue weighted by atomic mass is 9.87. The maximum Gasteiger partial charge on any atom is 0.213 e. The Hall–Kier alpha value is -0.970. The molecule has 2 saturated carbocycles. The molecule has 0 saturated heterocycles. The molecular formula is C13H23N3O2. The summed E-state index contributed by atoms with van der Waals surface area (Å²) in [5, 5.41) is 10.7. The molecule has 2 aliphatic carbocycles. The fourth-order valence-corrected chi connectivity index (χ4v) is 2.96. The molecule has 2 aliphatic rings. The fourth-order valence-electron chi connectivity index (χ4n) is 2.96. The molecule has 0 amide bonds. The van der Waals surface area contributed by atoms with Crippen molar-refractivity contribution in [3.05, 3.63) is 10.1 Å². The van der Waals surface area contributed by atoms with Crippen LogP contribution in [-0.4, -0.2) is 29.3 Å². The van der Waals surface area contributed by atoms with Crippen molar-refractivity contribution in [2.45, 2.75) is 69.5 Å². The molecular weight excluding hydrogens is 230 g/mol. The van der Waals surface area contributed by atoms with Crippen LogP contribution in [0.2, 0.25) is 0 Å². The molecule has 0 bridgehead atoms. The summed E-state index contributed by atoms with van der Waals surface area (Å²) in [7, 11) is 0. The lowest BCUT2D eigenvalue weighted by molar-refractivity contribution is -0.526. The topological polar surface area (TPSA) is 81.5 Å². The third kappa shape index (κ3) is 3.77. The summed E-state index contributed by atoms with van der Waals surface area (Å²) in [5.41, 5.74) is 5.86. The highest BCUT2D eigenvalue weighted by atomic mass is 16.6. The lowest BCUT2D eigenvalue weighted by Gasteiger charge is -2.24. The van der Waals surface area contributed by atoms with Crippen molar-refractivity contribution in [1.82, 2.24) is 0 Å². The van der Waals surface area contributed by atoms with E-state index in [0.717, 1.165) is 38.5 Å². The highest BCUT2D eigenvalue weighted by Crippen LogP contribution is 2.25. The van der Waals surface area contributed by atoms with Gasteiger partial charge in [-0.3, -0.25) is 15.1 Å². The van der Waals surface area contributed by atoms with Gasteiger partial charge in [-0.05, 0) is 44.4 Å². The van der Waals surface area contributed by atoms with Crippen molar-refractivity contribution < 1.29 is 4.92 Å². The summed E-state index contributed by atoms with van der Waals surface area (Å²) >= 11 is 0. The van der Waals surface area contributed by atoms with E-state index in [-0.39, 0.29) is 11.0 Å². The van der Waals surface area contributed by atoms with Crippen LogP contribution in [-0.2, 0) is 0 Å². The van der Waals surface area contributed by atoms with Crippen LogP contribution in [0.5, 0.6) is 0 Å². The minimum atomic E-state index is -0.317. The van der Waals surface area contributed by atoms with E-state index in [1.54, 1.807) is 0 Å². The van der Waals surface area contributed by atoms with Gasteiger partial charge in [0.15, 0.2) is 0 Å². The molecule has 0 heterocycles. The molecule has 5 heteroatoms. The molecule has 0 spiro atoms. The van der Waals surface area contributed by atoms with Crippen LogP contribution in [0.1, 0.15) is 51.4 Å². The molecule has 2 rings (SSSR count). The van der Waals surface area contributed by atoms with Crippen molar-refractivity contribution >= 4 is 6.21 Å². The number of aliphatic imine (C=N–C) groups is 1. The molecule has 18 heavy (non-hydrogen) atoms. The third-order valence-corrected chi connectivity index (χ3v) is 4.29. The second kappa shape index (κ2) is 6.27. The van der Waals surface area contributed by atoms with Gasteiger partial charge in [0.25, 0.3) is 0 Å². The molecule has 0 aromatic rings. The molecule has 102 valence electrons. The molecule has 2 N–H and O–H groups in total. The first-order valence-corrected chi connectivity index (χ1v) is 7.07. The average Bonchev–Trinajstić information content (AvgIpc) is 2.38. The van der Waals surface area contributed by atoms with Crippen molar-refractivity contribution in [2.75, 3.05) is 0 Å². The summed E-state index contributed by atoms with van der Waals surface area (Å²) < 4.78 is 0. The van der Waals surface area contributed by atoms with Crippen molar-refractivity contribution in [2.24, 2.45) is 16.6 Å². The van der Waals surface area contributed by atoms with Gasteiger partial charge in [0.2, 0.25) is 6.04 Å². The lowest BCUT2D eigenvalue weighted by Crippen LogP contribution is -2.29. The smallest absolute Gasteiger partial charge is 0.213 e. The van der Waals surface area contributed by atoms with Gasteiger partial charge in [0, 0.05) is 36.1 Å². The number of nitrogens with two attached hydrogens (primary N) is 1. The maximum absolute atomic E-state index is 10.7. The van der Waals surface area contributed by atoms with Crippen LogP contribution in [0.15, 0.2) is 4.99 Å². The number of hydrogen-bond acceptors (Lipinski definition) is 4. The van der Waals surface area contributed by atoms with E-state index in [4.69, 9.17) is 5.73 Å². The first-order valence-electron chi connectivity index (χ1n) is 7.07. The van der Waals surface area contributed by atoms with Crippen LogP contribution < -0.4 is 5.73 Å². The first-order chi connectivity index (χ1) is 8.65. The van der Waals surface area contributed by atoms with E-state index >= 15 is 0 Å². The van der Waals surface area contributed by atoms with Crippen LogP contribution in [0.3, 0.4) is 0 Å². The van der Waals surface area contributed by atoms with Gasteiger partial charge in [0.05, 0.1) is 0 Å². The standard InChI is InChI=1S/C13H23N3O2/c14-11-3-5-12(6-4-11)15-9-10-1-7-13(8-2-10)16(17)18/h9-13H,1-8,14H2. The molecule has 0 radical (unpaired) electrons. The van der Waals surface area contributed by atoms with E-state index in [9.17, 15) is 10.1 Å². The zero-order valence-corrected chi connectivity index (χ0v) is 10.8. The highest BCUT2D eigenvalue weighted by molar-refractivity contribution is 5.61. The third-order valence-electron chi connectivity index (χ3n) is 4.29. The van der Waals surface area contributed by atoms with Gasteiger partial charge in [0.1, 0.15) is 0 Å². The highest BCUT2D eigenvalue weighted by Gasteiger charge is 2.27. The second-order valence-electron chi connectivity index (χ2n) is 5.72. The molecule has 0 aromatic heterocycles. The molecule has 0 aromatic carbocycles. The van der Waals surface area contributed by atoms with Crippen molar-refractivity contribution in [3.8, 4) is 0 Å². The quantitative estimate of drug-likeness (QED) is 0.475.